The van der Waals surface area contributed by atoms with Crippen molar-refractivity contribution in [3.05, 3.63) is 29.8 Å². The van der Waals surface area contributed by atoms with Gasteiger partial charge in [0.05, 0.1) is 0 Å². The maximum absolute atomic E-state index is 13.5. The smallest absolute Gasteiger partial charge is 0.243 e. The minimum absolute atomic E-state index is 0.118. The van der Waals surface area contributed by atoms with Crippen molar-refractivity contribution >= 4 is 10.0 Å². The van der Waals surface area contributed by atoms with Crippen LogP contribution in [0.3, 0.4) is 0 Å². The molecule has 4 nitrogen and oxygen atoms in total. The highest BCUT2D eigenvalue weighted by molar-refractivity contribution is 7.89. The highest BCUT2D eigenvalue weighted by Crippen LogP contribution is 2.18. The number of halogens is 2. The van der Waals surface area contributed by atoms with Crippen molar-refractivity contribution in [2.75, 3.05) is 13.1 Å². The average molecular weight is 290 g/mol. The van der Waals surface area contributed by atoms with Crippen molar-refractivity contribution < 1.29 is 17.2 Å². The second-order valence-corrected chi connectivity index (χ2v) is 6.46. The second-order valence-electron chi connectivity index (χ2n) is 4.77. The summed E-state index contributed by atoms with van der Waals surface area (Å²) >= 11 is 0. The predicted molar refractivity (Wildman–Crippen MR) is 67.1 cm³/mol. The van der Waals surface area contributed by atoms with Crippen LogP contribution < -0.4 is 10.0 Å². The van der Waals surface area contributed by atoms with E-state index < -0.39 is 26.6 Å². The number of piperidine rings is 1. The van der Waals surface area contributed by atoms with E-state index in [9.17, 15) is 17.2 Å². The quantitative estimate of drug-likeness (QED) is 0.880. The SMILES string of the molecule is C[C@@H]1CNCC[C@H]1NS(=O)(=O)c1ccc(F)cc1F. The Morgan fingerprint density at radius 3 is 2.74 bits per heavy atom. The van der Waals surface area contributed by atoms with Crippen molar-refractivity contribution in [3.8, 4) is 0 Å². The monoisotopic (exact) mass is 290 g/mol. The Balaban J connectivity index is 2.22. The Hall–Kier alpha value is -1.05. The van der Waals surface area contributed by atoms with E-state index in [1.807, 2.05) is 6.92 Å². The lowest BCUT2D eigenvalue weighted by molar-refractivity contribution is 0.327. The van der Waals surface area contributed by atoms with E-state index in [4.69, 9.17) is 0 Å². The molecule has 1 fully saturated rings. The highest BCUT2D eigenvalue weighted by atomic mass is 32.2. The van der Waals surface area contributed by atoms with E-state index in [-0.39, 0.29) is 12.0 Å². The summed E-state index contributed by atoms with van der Waals surface area (Å²) in [6.45, 7) is 3.34. The zero-order valence-corrected chi connectivity index (χ0v) is 11.3. The molecule has 1 aliphatic rings. The summed E-state index contributed by atoms with van der Waals surface area (Å²) in [7, 11) is -3.96. The first-order valence-corrected chi connectivity index (χ1v) is 7.56. The van der Waals surface area contributed by atoms with Crippen LogP contribution in [0.1, 0.15) is 13.3 Å². The topological polar surface area (TPSA) is 58.2 Å². The fourth-order valence-corrected chi connectivity index (χ4v) is 3.58. The summed E-state index contributed by atoms with van der Waals surface area (Å²) < 4.78 is 53.0. The molecular formula is C12H16F2N2O2S. The molecule has 0 aromatic heterocycles. The molecule has 2 N–H and O–H groups in total. The molecule has 19 heavy (non-hydrogen) atoms. The van der Waals surface area contributed by atoms with Crippen molar-refractivity contribution in [1.29, 1.82) is 0 Å². The number of nitrogens with one attached hydrogen (secondary N) is 2. The Morgan fingerprint density at radius 1 is 1.37 bits per heavy atom. The van der Waals surface area contributed by atoms with Gasteiger partial charge in [-0.25, -0.2) is 21.9 Å². The second kappa shape index (κ2) is 5.52. The molecule has 0 aliphatic carbocycles. The van der Waals surface area contributed by atoms with Gasteiger partial charge in [-0.15, -0.1) is 0 Å². The van der Waals surface area contributed by atoms with Crippen molar-refractivity contribution in [1.82, 2.24) is 10.0 Å². The Bertz CT molecular complexity index is 563. The molecular weight excluding hydrogens is 274 g/mol. The zero-order chi connectivity index (χ0) is 14.0. The Labute approximate surface area is 111 Å². The molecule has 2 atom stereocenters. The van der Waals surface area contributed by atoms with Crippen LogP contribution in [0.25, 0.3) is 0 Å². The van der Waals surface area contributed by atoms with Crippen molar-refractivity contribution in [2.45, 2.75) is 24.3 Å². The molecule has 2 rings (SSSR count). The molecule has 1 aliphatic heterocycles. The number of benzene rings is 1. The first-order valence-electron chi connectivity index (χ1n) is 6.08. The van der Waals surface area contributed by atoms with Crippen molar-refractivity contribution in [3.63, 3.8) is 0 Å². The fraction of sp³-hybridized carbons (Fsp3) is 0.500. The zero-order valence-electron chi connectivity index (χ0n) is 10.5. The van der Waals surface area contributed by atoms with Crippen LogP contribution in [0.15, 0.2) is 23.1 Å². The predicted octanol–water partition coefficient (Wildman–Crippen LogP) is 1.24. The minimum Gasteiger partial charge on any atom is -0.316 e. The number of hydrogen-bond acceptors (Lipinski definition) is 3. The van der Waals surface area contributed by atoms with Gasteiger partial charge in [-0.05, 0) is 37.6 Å². The van der Waals surface area contributed by atoms with Crippen molar-refractivity contribution in [2.24, 2.45) is 5.92 Å². The van der Waals surface area contributed by atoms with Gasteiger partial charge in [0, 0.05) is 12.1 Å². The van der Waals surface area contributed by atoms with Crippen LogP contribution in [-0.4, -0.2) is 27.5 Å². The van der Waals surface area contributed by atoms with Crippen LogP contribution in [-0.2, 0) is 10.0 Å². The first kappa shape index (κ1) is 14.4. The molecule has 0 unspecified atom stereocenters. The molecule has 1 aromatic carbocycles. The molecule has 0 radical (unpaired) electrons. The Kier molecular flexibility index (Phi) is 4.17. The number of rotatable bonds is 3. The van der Waals surface area contributed by atoms with Gasteiger partial charge in [0.15, 0.2) is 0 Å². The molecule has 1 heterocycles. The third kappa shape index (κ3) is 3.29. The standard InChI is InChI=1S/C12H16F2N2O2S/c1-8-7-15-5-4-11(8)16-19(17,18)12-3-2-9(13)6-10(12)14/h2-3,6,8,11,15-16H,4-5,7H2,1H3/t8-,11-/m1/s1. The number of hydrogen-bond donors (Lipinski definition) is 2. The molecule has 0 amide bonds. The van der Waals surface area contributed by atoms with E-state index in [1.165, 1.54) is 0 Å². The third-order valence-corrected chi connectivity index (χ3v) is 4.80. The largest absolute Gasteiger partial charge is 0.316 e. The lowest BCUT2D eigenvalue weighted by Crippen LogP contribution is -2.48. The van der Waals surface area contributed by atoms with Crippen LogP contribution in [0.2, 0.25) is 0 Å². The van der Waals surface area contributed by atoms with E-state index >= 15 is 0 Å². The molecule has 7 heteroatoms. The molecule has 0 spiro atoms. The number of sulfonamides is 1. The van der Waals surface area contributed by atoms with Gasteiger partial charge in [-0.2, -0.15) is 0 Å². The normalized spacial score (nSPS) is 24.4. The maximum Gasteiger partial charge on any atom is 0.243 e. The van der Waals surface area contributed by atoms with Gasteiger partial charge in [0.1, 0.15) is 16.5 Å². The van der Waals surface area contributed by atoms with Crippen LogP contribution >= 0.6 is 0 Å². The van der Waals surface area contributed by atoms with Gasteiger partial charge in [-0.1, -0.05) is 6.92 Å². The fourth-order valence-electron chi connectivity index (χ4n) is 2.15. The molecule has 1 saturated heterocycles. The van der Waals surface area contributed by atoms with Gasteiger partial charge in [0.25, 0.3) is 0 Å². The van der Waals surface area contributed by atoms with Crippen LogP contribution in [0, 0.1) is 17.6 Å². The minimum atomic E-state index is -3.96. The molecule has 106 valence electrons. The van der Waals surface area contributed by atoms with Gasteiger partial charge >= 0.3 is 0 Å². The van der Waals surface area contributed by atoms with Gasteiger partial charge in [-0.3, -0.25) is 0 Å². The summed E-state index contributed by atoms with van der Waals surface area (Å²) in [5.41, 5.74) is 0. The summed E-state index contributed by atoms with van der Waals surface area (Å²) in [6, 6.07) is 2.21. The lowest BCUT2D eigenvalue weighted by atomic mass is 9.97. The van der Waals surface area contributed by atoms with Gasteiger partial charge < -0.3 is 5.32 Å². The lowest BCUT2D eigenvalue weighted by Gasteiger charge is -2.29. The van der Waals surface area contributed by atoms with Crippen LogP contribution in [0.4, 0.5) is 8.78 Å². The first-order chi connectivity index (χ1) is 8.90. The maximum atomic E-state index is 13.5. The summed E-state index contributed by atoms with van der Waals surface area (Å²) in [5.74, 6) is -1.76. The van der Waals surface area contributed by atoms with E-state index in [2.05, 4.69) is 10.0 Å². The van der Waals surface area contributed by atoms with Crippen LogP contribution in [0.5, 0.6) is 0 Å². The van der Waals surface area contributed by atoms with E-state index in [0.29, 0.717) is 25.6 Å². The molecule has 1 aromatic rings. The Morgan fingerprint density at radius 2 is 2.11 bits per heavy atom. The summed E-state index contributed by atoms with van der Waals surface area (Å²) in [6.07, 6.45) is 0.642. The average Bonchev–Trinajstić information content (AvgIpc) is 2.31. The van der Waals surface area contributed by atoms with Gasteiger partial charge in [0.2, 0.25) is 10.0 Å². The van der Waals surface area contributed by atoms with E-state index in [0.717, 1.165) is 12.1 Å². The summed E-state index contributed by atoms with van der Waals surface area (Å²) in [5, 5.41) is 3.15. The summed E-state index contributed by atoms with van der Waals surface area (Å²) in [4.78, 5) is -0.514. The molecule has 0 bridgehead atoms. The highest BCUT2D eigenvalue weighted by Gasteiger charge is 2.28. The third-order valence-electron chi connectivity index (χ3n) is 3.28. The van der Waals surface area contributed by atoms with E-state index in [1.54, 1.807) is 0 Å². The molecule has 0 saturated carbocycles.